The molecule has 1 aromatic carbocycles. The number of nitrogens with zero attached hydrogens (tertiary/aromatic N) is 2. The van der Waals surface area contributed by atoms with Crippen molar-refractivity contribution < 1.29 is 19.1 Å². The van der Waals surface area contributed by atoms with Gasteiger partial charge in [0.25, 0.3) is 0 Å². The van der Waals surface area contributed by atoms with E-state index in [1.165, 1.54) is 0 Å². The van der Waals surface area contributed by atoms with Gasteiger partial charge in [-0.3, -0.25) is 9.59 Å². The Balaban J connectivity index is 1.69. The Bertz CT molecular complexity index is 610. The summed E-state index contributed by atoms with van der Waals surface area (Å²) in [5, 5.41) is 0. The van der Waals surface area contributed by atoms with Crippen molar-refractivity contribution in [3.05, 3.63) is 23.8 Å². The van der Waals surface area contributed by atoms with Gasteiger partial charge in [0.15, 0.2) is 17.3 Å². The van der Waals surface area contributed by atoms with Crippen molar-refractivity contribution in [1.29, 1.82) is 0 Å². The summed E-state index contributed by atoms with van der Waals surface area (Å²) in [7, 11) is 3.67. The van der Waals surface area contributed by atoms with Gasteiger partial charge in [-0.1, -0.05) is 0 Å². The second kappa shape index (κ2) is 5.61. The number of fused-ring (bicyclic) bond motifs is 1. The maximum absolute atomic E-state index is 12.6. The number of carbonyl (C=O) groups excluding carboxylic acids is 2. The number of benzene rings is 1. The van der Waals surface area contributed by atoms with E-state index in [1.807, 2.05) is 7.05 Å². The van der Waals surface area contributed by atoms with Crippen LogP contribution in [0.25, 0.3) is 0 Å². The second-order valence-electron chi connectivity index (χ2n) is 5.98. The van der Waals surface area contributed by atoms with Crippen LogP contribution in [-0.4, -0.2) is 61.5 Å². The van der Waals surface area contributed by atoms with Crippen LogP contribution in [0.5, 0.6) is 11.5 Å². The van der Waals surface area contributed by atoms with Gasteiger partial charge in [-0.2, -0.15) is 0 Å². The van der Waals surface area contributed by atoms with E-state index in [9.17, 15) is 9.59 Å². The van der Waals surface area contributed by atoms with Crippen LogP contribution in [0.15, 0.2) is 18.2 Å². The average Bonchev–Trinajstić information content (AvgIpc) is 2.96. The number of rotatable bonds is 4. The van der Waals surface area contributed by atoms with Crippen molar-refractivity contribution in [2.75, 3.05) is 34.0 Å². The van der Waals surface area contributed by atoms with E-state index in [4.69, 9.17) is 9.47 Å². The molecule has 0 unspecified atom stereocenters. The van der Waals surface area contributed by atoms with E-state index in [0.29, 0.717) is 17.1 Å². The highest BCUT2D eigenvalue weighted by molar-refractivity contribution is 6.02. The summed E-state index contributed by atoms with van der Waals surface area (Å²) in [5.74, 6) is 1.15. The molecule has 1 atom stereocenters. The van der Waals surface area contributed by atoms with E-state index in [0.717, 1.165) is 13.1 Å². The number of carbonyl (C=O) groups is 2. The molecule has 0 spiro atoms. The maximum atomic E-state index is 12.6. The van der Waals surface area contributed by atoms with Crippen LogP contribution >= 0.6 is 0 Å². The fourth-order valence-corrected chi connectivity index (χ4v) is 2.80. The number of hydrogen-bond donors (Lipinski definition) is 0. The lowest BCUT2D eigenvalue weighted by Crippen LogP contribution is -2.54. The standard InChI is InChI=1S/C16H20N2O4/c1-10(18(3)16(20)12-7-17(2)8-12)15(19)11-4-5-13-14(6-11)22-9-21-13/h4-6,10,12H,7-9H2,1-3H3/t10-/m1/s1. The summed E-state index contributed by atoms with van der Waals surface area (Å²) in [4.78, 5) is 28.6. The van der Waals surface area contributed by atoms with Gasteiger partial charge >= 0.3 is 0 Å². The molecule has 0 aliphatic carbocycles. The molecule has 0 N–H and O–H groups in total. The number of Topliss-reactive ketones (excluding diaryl/α,β-unsaturated/α-hetero) is 1. The Morgan fingerprint density at radius 2 is 1.95 bits per heavy atom. The Morgan fingerprint density at radius 3 is 2.64 bits per heavy atom. The monoisotopic (exact) mass is 304 g/mol. The average molecular weight is 304 g/mol. The molecule has 1 saturated heterocycles. The van der Waals surface area contributed by atoms with Crippen LogP contribution in [0.1, 0.15) is 17.3 Å². The molecule has 0 radical (unpaired) electrons. The lowest BCUT2D eigenvalue weighted by molar-refractivity contribution is -0.140. The predicted molar refractivity (Wildman–Crippen MR) is 80.1 cm³/mol. The molecule has 1 fully saturated rings. The second-order valence-corrected chi connectivity index (χ2v) is 5.98. The Kier molecular flexibility index (Phi) is 3.78. The lowest BCUT2D eigenvalue weighted by atomic mass is 9.97. The van der Waals surface area contributed by atoms with Crippen molar-refractivity contribution in [3.63, 3.8) is 0 Å². The molecule has 2 heterocycles. The maximum Gasteiger partial charge on any atom is 0.231 e. The summed E-state index contributed by atoms with van der Waals surface area (Å²) in [6.07, 6.45) is 0. The van der Waals surface area contributed by atoms with Gasteiger partial charge in [-0.15, -0.1) is 0 Å². The number of likely N-dealkylation sites (tertiary alicyclic amines) is 1. The van der Waals surface area contributed by atoms with Crippen molar-refractivity contribution in [3.8, 4) is 11.5 Å². The normalized spacial score (nSPS) is 18.7. The minimum absolute atomic E-state index is 0.00186. The number of ketones is 1. The molecule has 1 aromatic rings. The molecular weight excluding hydrogens is 284 g/mol. The quantitative estimate of drug-likeness (QED) is 0.777. The van der Waals surface area contributed by atoms with Gasteiger partial charge in [0.2, 0.25) is 12.7 Å². The number of likely N-dealkylation sites (N-methyl/N-ethyl adjacent to an activating group) is 1. The molecule has 1 amide bonds. The van der Waals surface area contributed by atoms with E-state index in [-0.39, 0.29) is 24.4 Å². The molecule has 6 nitrogen and oxygen atoms in total. The van der Waals surface area contributed by atoms with E-state index >= 15 is 0 Å². The fraction of sp³-hybridized carbons (Fsp3) is 0.500. The van der Waals surface area contributed by atoms with Crippen molar-refractivity contribution >= 4 is 11.7 Å². The zero-order valence-electron chi connectivity index (χ0n) is 13.0. The number of hydrogen-bond acceptors (Lipinski definition) is 5. The smallest absolute Gasteiger partial charge is 0.231 e. The van der Waals surface area contributed by atoms with Crippen molar-refractivity contribution in [2.45, 2.75) is 13.0 Å². The molecule has 2 aliphatic rings. The molecule has 22 heavy (non-hydrogen) atoms. The molecule has 0 aromatic heterocycles. The molecule has 2 aliphatic heterocycles. The van der Waals surface area contributed by atoms with E-state index in [1.54, 1.807) is 37.1 Å². The SMILES string of the molecule is C[C@H](C(=O)c1ccc2c(c1)OCO2)N(C)C(=O)C1CN(C)C1. The van der Waals surface area contributed by atoms with Crippen molar-refractivity contribution in [2.24, 2.45) is 5.92 Å². The highest BCUT2D eigenvalue weighted by Gasteiger charge is 2.35. The first-order valence-electron chi connectivity index (χ1n) is 7.36. The van der Waals surface area contributed by atoms with Gasteiger partial charge in [0.05, 0.1) is 12.0 Å². The van der Waals surface area contributed by atoms with Crippen molar-refractivity contribution in [1.82, 2.24) is 9.80 Å². The zero-order valence-corrected chi connectivity index (χ0v) is 13.0. The first-order chi connectivity index (χ1) is 10.5. The molecule has 0 bridgehead atoms. The topological polar surface area (TPSA) is 59.1 Å². The first kappa shape index (κ1) is 14.8. The minimum Gasteiger partial charge on any atom is -0.454 e. The third kappa shape index (κ3) is 2.54. The Morgan fingerprint density at radius 1 is 1.27 bits per heavy atom. The molecule has 6 heteroatoms. The Hall–Kier alpha value is -2.08. The summed E-state index contributed by atoms with van der Waals surface area (Å²) in [6.45, 7) is 3.45. The minimum atomic E-state index is -0.501. The predicted octanol–water partition coefficient (Wildman–Crippen LogP) is 1.01. The van der Waals surface area contributed by atoms with Crippen LogP contribution < -0.4 is 9.47 Å². The molecule has 0 saturated carbocycles. The van der Waals surface area contributed by atoms with Crippen LogP contribution in [-0.2, 0) is 4.79 Å². The highest BCUT2D eigenvalue weighted by Crippen LogP contribution is 2.33. The summed E-state index contributed by atoms with van der Waals surface area (Å²) >= 11 is 0. The molecule has 3 rings (SSSR count). The van der Waals surface area contributed by atoms with Gasteiger partial charge in [-0.05, 0) is 32.2 Å². The third-order valence-corrected chi connectivity index (χ3v) is 4.38. The van der Waals surface area contributed by atoms with Crippen LogP contribution in [0, 0.1) is 5.92 Å². The zero-order chi connectivity index (χ0) is 15.9. The van der Waals surface area contributed by atoms with E-state index in [2.05, 4.69) is 4.90 Å². The van der Waals surface area contributed by atoms with Crippen LogP contribution in [0.3, 0.4) is 0 Å². The molecular formula is C16H20N2O4. The number of ether oxygens (including phenoxy) is 2. The van der Waals surface area contributed by atoms with Crippen LogP contribution in [0.2, 0.25) is 0 Å². The van der Waals surface area contributed by atoms with Crippen LogP contribution in [0.4, 0.5) is 0 Å². The number of amides is 1. The van der Waals surface area contributed by atoms with Gasteiger partial charge in [0.1, 0.15) is 0 Å². The van der Waals surface area contributed by atoms with Gasteiger partial charge in [0, 0.05) is 25.7 Å². The third-order valence-electron chi connectivity index (χ3n) is 4.38. The summed E-state index contributed by atoms with van der Waals surface area (Å²) in [5.41, 5.74) is 0.530. The highest BCUT2D eigenvalue weighted by atomic mass is 16.7. The lowest BCUT2D eigenvalue weighted by Gasteiger charge is -2.38. The summed E-state index contributed by atoms with van der Waals surface area (Å²) in [6, 6.07) is 4.61. The Labute approximate surface area is 129 Å². The first-order valence-corrected chi connectivity index (χ1v) is 7.36. The fourth-order valence-electron chi connectivity index (χ4n) is 2.80. The van der Waals surface area contributed by atoms with Gasteiger partial charge < -0.3 is 19.3 Å². The summed E-state index contributed by atoms with van der Waals surface area (Å²) < 4.78 is 10.5. The largest absolute Gasteiger partial charge is 0.454 e. The van der Waals surface area contributed by atoms with Gasteiger partial charge in [-0.25, -0.2) is 0 Å². The molecule has 118 valence electrons. The van der Waals surface area contributed by atoms with E-state index < -0.39 is 6.04 Å².